The van der Waals surface area contributed by atoms with Crippen molar-refractivity contribution < 1.29 is 18.7 Å². The molecule has 28 heavy (non-hydrogen) atoms. The van der Waals surface area contributed by atoms with E-state index in [0.29, 0.717) is 16.5 Å². The fraction of sp³-hybridized carbons (Fsp3) is 0.421. The predicted molar refractivity (Wildman–Crippen MR) is 105 cm³/mol. The van der Waals surface area contributed by atoms with Crippen LogP contribution in [0.5, 0.6) is 0 Å². The van der Waals surface area contributed by atoms with Crippen molar-refractivity contribution in [3.8, 4) is 0 Å². The molecule has 1 fully saturated rings. The van der Waals surface area contributed by atoms with E-state index in [4.69, 9.17) is 4.42 Å². The minimum atomic E-state index is -1.36. The van der Waals surface area contributed by atoms with Crippen molar-refractivity contribution in [3.63, 3.8) is 0 Å². The molecule has 0 saturated carbocycles. The summed E-state index contributed by atoms with van der Waals surface area (Å²) in [6, 6.07) is 5.28. The molecule has 3 aromatic rings. The summed E-state index contributed by atoms with van der Waals surface area (Å²) < 4.78 is 20.9. The lowest BCUT2D eigenvalue weighted by molar-refractivity contribution is 0.0208. The molecule has 1 aliphatic heterocycles. The lowest BCUT2D eigenvalue weighted by atomic mass is 9.71. The Kier molecular flexibility index (Phi) is 4.08. The summed E-state index contributed by atoms with van der Waals surface area (Å²) in [5.74, 6) is 0.128. The zero-order chi connectivity index (χ0) is 20.4. The van der Waals surface area contributed by atoms with Crippen LogP contribution >= 0.6 is 15.9 Å². The lowest BCUT2D eigenvalue weighted by Crippen LogP contribution is -2.54. The highest BCUT2D eigenvalue weighted by atomic mass is 79.9. The Morgan fingerprint density at radius 1 is 1.46 bits per heavy atom. The fourth-order valence-electron chi connectivity index (χ4n) is 4.20. The third-order valence-corrected chi connectivity index (χ3v) is 6.00. The molecule has 0 unspecified atom stereocenters. The maximum Gasteiger partial charge on any atom is 0.408 e. The zero-order valence-corrected chi connectivity index (χ0v) is 17.1. The van der Waals surface area contributed by atoms with Crippen LogP contribution in [0.4, 0.5) is 9.18 Å². The topological polar surface area (TPSA) is 99.4 Å². The highest BCUT2D eigenvalue weighted by Crippen LogP contribution is 2.51. The molecule has 1 amide bonds. The van der Waals surface area contributed by atoms with Gasteiger partial charge in [0.15, 0.2) is 0 Å². The summed E-state index contributed by atoms with van der Waals surface area (Å²) in [6.45, 7) is 5.17. The molecule has 2 N–H and O–H groups in total. The van der Waals surface area contributed by atoms with Crippen molar-refractivity contribution in [1.82, 2.24) is 14.9 Å². The van der Waals surface area contributed by atoms with E-state index in [0.717, 1.165) is 9.37 Å². The Balaban J connectivity index is 2.08. The first-order chi connectivity index (χ1) is 13.0. The number of furan rings is 1. The van der Waals surface area contributed by atoms with Crippen molar-refractivity contribution in [1.29, 1.82) is 0 Å². The monoisotopic (exact) mass is 451 g/mol. The summed E-state index contributed by atoms with van der Waals surface area (Å²) in [5.41, 5.74) is -1.70. The zero-order valence-electron chi connectivity index (χ0n) is 15.5. The van der Waals surface area contributed by atoms with Gasteiger partial charge in [0.2, 0.25) is 5.58 Å². The van der Waals surface area contributed by atoms with Crippen molar-refractivity contribution in [2.45, 2.75) is 38.9 Å². The van der Waals surface area contributed by atoms with Crippen LogP contribution in [0.15, 0.2) is 31.9 Å². The molecule has 1 saturated heterocycles. The first kappa shape index (κ1) is 18.9. The number of likely N-dealkylation sites (tertiary alicyclic amines) is 1. The number of rotatable bonds is 1. The van der Waals surface area contributed by atoms with Crippen LogP contribution in [-0.4, -0.2) is 38.8 Å². The Morgan fingerprint density at radius 2 is 2.18 bits per heavy atom. The summed E-state index contributed by atoms with van der Waals surface area (Å²) in [5, 5.41) is 10.4. The molecule has 0 spiro atoms. The van der Waals surface area contributed by atoms with Crippen molar-refractivity contribution in [2.75, 3.05) is 6.54 Å². The second-order valence-electron chi connectivity index (χ2n) is 8.14. The number of nitrogens with one attached hydrogen (secondary N) is 1. The standard InChI is InChI=1S/C19H19BrFN3O4/c1-18(2,3)19(7-10(21)8-24(19)17(26)27)16-22-13-11-6-9(20)4-5-12(11)28-14(13)15(25)23-16/h4-6,10H,7-8H2,1-3H3,(H,26,27)(H,22,23,25)/t10-,19-/m0/s1. The van der Waals surface area contributed by atoms with Crippen LogP contribution in [0, 0.1) is 5.41 Å². The van der Waals surface area contributed by atoms with Crippen LogP contribution in [-0.2, 0) is 5.54 Å². The number of benzene rings is 1. The number of carbonyl (C=O) groups is 1. The van der Waals surface area contributed by atoms with Gasteiger partial charge in [0.05, 0.1) is 6.54 Å². The van der Waals surface area contributed by atoms with Gasteiger partial charge >= 0.3 is 6.09 Å². The first-order valence-electron chi connectivity index (χ1n) is 8.82. The van der Waals surface area contributed by atoms with E-state index >= 15 is 0 Å². The quantitative estimate of drug-likeness (QED) is 0.571. The maximum atomic E-state index is 14.5. The van der Waals surface area contributed by atoms with E-state index in [-0.39, 0.29) is 24.4 Å². The summed E-state index contributed by atoms with van der Waals surface area (Å²) in [4.78, 5) is 33.1. The number of carboxylic acid groups (broad SMARTS) is 1. The number of halogens is 2. The number of amides is 1. The smallest absolute Gasteiger partial charge is 0.408 e. The first-order valence-corrected chi connectivity index (χ1v) is 9.61. The third kappa shape index (κ3) is 2.56. The van der Waals surface area contributed by atoms with Gasteiger partial charge in [0.1, 0.15) is 28.6 Å². The second-order valence-corrected chi connectivity index (χ2v) is 9.06. The minimum Gasteiger partial charge on any atom is -0.465 e. The molecule has 7 nitrogen and oxygen atoms in total. The number of hydrogen-bond acceptors (Lipinski definition) is 4. The normalized spacial score (nSPS) is 23.0. The summed E-state index contributed by atoms with van der Waals surface area (Å²) in [6.07, 6.45) is -2.69. The maximum absolute atomic E-state index is 14.5. The number of aromatic amines is 1. The van der Waals surface area contributed by atoms with Crippen LogP contribution < -0.4 is 5.56 Å². The highest BCUT2D eigenvalue weighted by Gasteiger charge is 2.58. The van der Waals surface area contributed by atoms with Gasteiger partial charge in [-0.3, -0.25) is 9.69 Å². The molecule has 0 bridgehead atoms. The molecule has 4 rings (SSSR count). The average molecular weight is 452 g/mol. The summed E-state index contributed by atoms with van der Waals surface area (Å²) in [7, 11) is 0. The Bertz CT molecular complexity index is 1170. The van der Waals surface area contributed by atoms with Crippen LogP contribution in [0.25, 0.3) is 22.1 Å². The van der Waals surface area contributed by atoms with E-state index in [1.165, 1.54) is 0 Å². The highest BCUT2D eigenvalue weighted by molar-refractivity contribution is 9.10. The molecule has 3 heterocycles. The van der Waals surface area contributed by atoms with Crippen molar-refractivity contribution >= 4 is 44.1 Å². The number of hydrogen-bond donors (Lipinski definition) is 2. The number of aromatic nitrogens is 2. The molecular weight excluding hydrogens is 433 g/mol. The Hall–Kier alpha value is -2.42. The second kappa shape index (κ2) is 6.04. The molecule has 2 aromatic heterocycles. The summed E-state index contributed by atoms with van der Waals surface area (Å²) >= 11 is 3.39. The minimum absolute atomic E-state index is 0.0533. The van der Waals surface area contributed by atoms with Crippen LogP contribution in [0.3, 0.4) is 0 Å². The van der Waals surface area contributed by atoms with Gasteiger partial charge in [-0.05, 0) is 23.6 Å². The molecule has 9 heteroatoms. The largest absolute Gasteiger partial charge is 0.465 e. The lowest BCUT2D eigenvalue weighted by Gasteiger charge is -2.45. The average Bonchev–Trinajstić information content (AvgIpc) is 3.13. The van der Waals surface area contributed by atoms with Crippen molar-refractivity contribution in [3.05, 3.63) is 38.9 Å². The van der Waals surface area contributed by atoms with E-state index in [1.807, 2.05) is 20.8 Å². The predicted octanol–water partition coefficient (Wildman–Crippen LogP) is 4.40. The molecule has 0 aliphatic carbocycles. The molecule has 1 aromatic carbocycles. The Morgan fingerprint density at radius 3 is 2.82 bits per heavy atom. The number of H-pyrrole nitrogens is 1. The van der Waals surface area contributed by atoms with Gasteiger partial charge in [0, 0.05) is 16.3 Å². The molecule has 148 valence electrons. The molecule has 1 aliphatic rings. The van der Waals surface area contributed by atoms with E-state index < -0.39 is 28.8 Å². The number of nitrogens with zero attached hydrogens (tertiary/aromatic N) is 2. The molecule has 0 radical (unpaired) electrons. The van der Waals surface area contributed by atoms with Crippen LogP contribution in [0.2, 0.25) is 0 Å². The van der Waals surface area contributed by atoms with Gasteiger partial charge in [0.25, 0.3) is 5.56 Å². The van der Waals surface area contributed by atoms with E-state index in [9.17, 15) is 19.1 Å². The van der Waals surface area contributed by atoms with Gasteiger partial charge in [-0.15, -0.1) is 0 Å². The fourth-order valence-corrected chi connectivity index (χ4v) is 4.56. The number of fused-ring (bicyclic) bond motifs is 3. The van der Waals surface area contributed by atoms with Gasteiger partial charge in [-0.1, -0.05) is 36.7 Å². The van der Waals surface area contributed by atoms with E-state index in [2.05, 4.69) is 25.9 Å². The third-order valence-electron chi connectivity index (χ3n) is 5.51. The van der Waals surface area contributed by atoms with Gasteiger partial charge in [-0.2, -0.15) is 0 Å². The molecular formula is C19H19BrFN3O4. The van der Waals surface area contributed by atoms with Crippen LogP contribution in [0.1, 0.15) is 33.0 Å². The Labute approximate surface area is 167 Å². The molecule has 2 atom stereocenters. The van der Waals surface area contributed by atoms with Gasteiger partial charge < -0.3 is 14.5 Å². The van der Waals surface area contributed by atoms with Crippen molar-refractivity contribution in [2.24, 2.45) is 5.41 Å². The van der Waals surface area contributed by atoms with E-state index in [1.54, 1.807) is 18.2 Å². The van der Waals surface area contributed by atoms with Gasteiger partial charge in [-0.25, -0.2) is 14.2 Å². The number of alkyl halides is 1. The SMILES string of the molecule is CC(C)(C)[C@@]1(c2nc3c(oc4ccc(Br)cc43)c(=O)[nH]2)C[C@H](F)CN1C(=O)O.